The molecule has 15 heavy (non-hydrogen) atoms. The van der Waals surface area contributed by atoms with Crippen molar-refractivity contribution in [3.05, 3.63) is 40.1 Å². The summed E-state index contributed by atoms with van der Waals surface area (Å²) in [6.45, 7) is 0. The highest BCUT2D eigenvalue weighted by atomic mass is 19.1. The fourth-order valence-electron chi connectivity index (χ4n) is 1.39. The number of aldehydes is 1. The molecule has 0 atom stereocenters. The minimum atomic E-state index is -0.583. The zero-order chi connectivity index (χ0) is 11.0. The van der Waals surface area contributed by atoms with Crippen LogP contribution in [0.2, 0.25) is 0 Å². The van der Waals surface area contributed by atoms with Gasteiger partial charge in [-0.25, -0.2) is 4.39 Å². The molecule has 0 aliphatic rings. The number of nitrogens with one attached hydrogen (secondary N) is 1. The van der Waals surface area contributed by atoms with E-state index < -0.39 is 17.1 Å². The molecule has 0 unspecified atom stereocenters. The van der Waals surface area contributed by atoms with Crippen molar-refractivity contribution in [1.82, 2.24) is 4.98 Å². The Bertz CT molecular complexity index is 603. The van der Waals surface area contributed by atoms with E-state index in [1.165, 1.54) is 6.07 Å². The molecular weight excluding hydrogens is 201 g/mol. The molecule has 2 rings (SSSR count). The number of aromatic hydroxyl groups is 1. The summed E-state index contributed by atoms with van der Waals surface area (Å²) in [7, 11) is 0. The van der Waals surface area contributed by atoms with Crippen molar-refractivity contribution in [3.8, 4) is 5.75 Å². The number of hydrogen-bond donors (Lipinski definition) is 2. The van der Waals surface area contributed by atoms with Crippen molar-refractivity contribution in [2.45, 2.75) is 0 Å². The highest BCUT2D eigenvalue weighted by molar-refractivity contribution is 5.93. The molecule has 2 aromatic rings. The van der Waals surface area contributed by atoms with Crippen molar-refractivity contribution in [2.24, 2.45) is 0 Å². The van der Waals surface area contributed by atoms with Crippen molar-refractivity contribution >= 4 is 17.1 Å². The van der Waals surface area contributed by atoms with E-state index in [1.54, 1.807) is 0 Å². The summed E-state index contributed by atoms with van der Waals surface area (Å²) in [6.07, 6.45) is 0.307. The van der Waals surface area contributed by atoms with Crippen molar-refractivity contribution in [2.75, 3.05) is 0 Å². The fourth-order valence-corrected chi connectivity index (χ4v) is 1.39. The Labute approximate surface area is 83.0 Å². The molecule has 1 aromatic heterocycles. The van der Waals surface area contributed by atoms with Gasteiger partial charge < -0.3 is 10.1 Å². The zero-order valence-electron chi connectivity index (χ0n) is 7.45. The van der Waals surface area contributed by atoms with Crippen molar-refractivity contribution in [1.29, 1.82) is 0 Å². The summed E-state index contributed by atoms with van der Waals surface area (Å²) in [5.74, 6) is -1.00. The Hall–Kier alpha value is -2.17. The maximum Gasteiger partial charge on any atom is 0.256 e. The monoisotopic (exact) mass is 207 g/mol. The van der Waals surface area contributed by atoms with Gasteiger partial charge in [0.25, 0.3) is 5.56 Å². The summed E-state index contributed by atoms with van der Waals surface area (Å²) in [5.41, 5.74) is -0.789. The van der Waals surface area contributed by atoms with Crippen LogP contribution in [0.4, 0.5) is 4.39 Å². The summed E-state index contributed by atoms with van der Waals surface area (Å²) in [6, 6.07) is 3.36. The minimum Gasteiger partial charge on any atom is -0.505 e. The molecule has 0 amide bonds. The number of halogens is 1. The zero-order valence-corrected chi connectivity index (χ0v) is 7.45. The quantitative estimate of drug-likeness (QED) is 0.690. The lowest BCUT2D eigenvalue weighted by molar-refractivity contribution is 0.111. The van der Waals surface area contributed by atoms with Gasteiger partial charge in [-0.2, -0.15) is 0 Å². The summed E-state index contributed by atoms with van der Waals surface area (Å²) in [4.78, 5) is 24.0. The van der Waals surface area contributed by atoms with Gasteiger partial charge >= 0.3 is 0 Å². The van der Waals surface area contributed by atoms with Gasteiger partial charge in [-0.1, -0.05) is 0 Å². The van der Waals surface area contributed by atoms with Gasteiger partial charge in [-0.15, -0.1) is 0 Å². The largest absolute Gasteiger partial charge is 0.505 e. The molecule has 1 heterocycles. The molecule has 0 spiro atoms. The standard InChI is InChI=1S/C10H6FNO3/c11-5-1-2-6-7(3-5)9(14)8(4-13)12-10(6)15/h1-4,14H,(H,12,15). The number of fused-ring (bicyclic) bond motifs is 1. The molecule has 0 saturated heterocycles. The number of carbonyl (C=O) groups is 1. The predicted octanol–water partition coefficient (Wildman–Crippen LogP) is 1.19. The predicted molar refractivity (Wildman–Crippen MR) is 51.6 cm³/mol. The molecule has 76 valence electrons. The lowest BCUT2D eigenvalue weighted by Crippen LogP contribution is -2.09. The van der Waals surface area contributed by atoms with Crippen LogP contribution in [0.5, 0.6) is 5.75 Å². The molecule has 0 saturated carbocycles. The molecule has 5 heteroatoms. The smallest absolute Gasteiger partial charge is 0.256 e. The first-order valence-electron chi connectivity index (χ1n) is 4.13. The van der Waals surface area contributed by atoms with Crippen LogP contribution in [-0.2, 0) is 0 Å². The van der Waals surface area contributed by atoms with Gasteiger partial charge in [-0.05, 0) is 18.2 Å². The number of rotatable bonds is 1. The van der Waals surface area contributed by atoms with Gasteiger partial charge in [0.1, 0.15) is 11.5 Å². The van der Waals surface area contributed by atoms with E-state index in [-0.39, 0.29) is 16.5 Å². The number of aromatic nitrogens is 1. The van der Waals surface area contributed by atoms with Crippen LogP contribution >= 0.6 is 0 Å². The molecule has 0 bridgehead atoms. The van der Waals surface area contributed by atoms with Gasteiger partial charge in [0.15, 0.2) is 12.0 Å². The molecule has 4 nitrogen and oxygen atoms in total. The van der Waals surface area contributed by atoms with E-state index >= 15 is 0 Å². The Morgan fingerprint density at radius 1 is 1.33 bits per heavy atom. The molecular formula is C10H6FNO3. The third-order valence-electron chi connectivity index (χ3n) is 2.10. The molecule has 0 aliphatic carbocycles. The van der Waals surface area contributed by atoms with E-state index in [1.807, 2.05) is 0 Å². The molecule has 0 aliphatic heterocycles. The first-order valence-corrected chi connectivity index (χ1v) is 4.13. The second-order valence-electron chi connectivity index (χ2n) is 3.02. The second kappa shape index (κ2) is 3.20. The molecule has 0 fully saturated rings. The van der Waals surface area contributed by atoms with Crippen LogP contribution in [0.1, 0.15) is 10.5 Å². The third-order valence-corrected chi connectivity index (χ3v) is 2.10. The summed E-state index contributed by atoms with van der Waals surface area (Å²) in [5, 5.41) is 9.70. The number of carbonyl (C=O) groups excluding carboxylic acids is 1. The highest BCUT2D eigenvalue weighted by Crippen LogP contribution is 2.24. The Morgan fingerprint density at radius 2 is 2.07 bits per heavy atom. The highest BCUT2D eigenvalue weighted by Gasteiger charge is 2.10. The number of pyridine rings is 1. The van der Waals surface area contributed by atoms with Crippen LogP contribution < -0.4 is 5.56 Å². The SMILES string of the molecule is O=Cc1[nH]c(=O)c2ccc(F)cc2c1O. The first-order chi connectivity index (χ1) is 7.13. The van der Waals surface area contributed by atoms with E-state index in [9.17, 15) is 19.1 Å². The summed E-state index contributed by atoms with van der Waals surface area (Å²) < 4.78 is 12.9. The van der Waals surface area contributed by atoms with Crippen LogP contribution in [-0.4, -0.2) is 16.4 Å². The number of hydrogen-bond acceptors (Lipinski definition) is 3. The molecule has 0 radical (unpaired) electrons. The van der Waals surface area contributed by atoms with E-state index in [4.69, 9.17) is 0 Å². The average molecular weight is 207 g/mol. The lowest BCUT2D eigenvalue weighted by atomic mass is 10.1. The molecule has 2 N–H and O–H groups in total. The fraction of sp³-hybridized carbons (Fsp3) is 0. The lowest BCUT2D eigenvalue weighted by Gasteiger charge is -2.02. The Balaban J connectivity index is 3.01. The maximum atomic E-state index is 12.9. The Kier molecular flexibility index (Phi) is 2.00. The minimum absolute atomic E-state index is 0.0286. The number of H-pyrrole nitrogens is 1. The van der Waals surface area contributed by atoms with Gasteiger partial charge in [0.05, 0.1) is 5.39 Å². The van der Waals surface area contributed by atoms with Crippen LogP contribution in [0.25, 0.3) is 10.8 Å². The van der Waals surface area contributed by atoms with Crippen molar-refractivity contribution in [3.63, 3.8) is 0 Å². The van der Waals surface area contributed by atoms with E-state index in [2.05, 4.69) is 4.98 Å². The van der Waals surface area contributed by atoms with Crippen LogP contribution in [0.15, 0.2) is 23.0 Å². The number of aromatic amines is 1. The third kappa shape index (κ3) is 1.38. The van der Waals surface area contributed by atoms with E-state index in [0.29, 0.717) is 6.29 Å². The van der Waals surface area contributed by atoms with Crippen LogP contribution in [0, 0.1) is 5.82 Å². The second-order valence-corrected chi connectivity index (χ2v) is 3.02. The average Bonchev–Trinajstić information content (AvgIpc) is 2.23. The topological polar surface area (TPSA) is 70.2 Å². The maximum absolute atomic E-state index is 12.9. The van der Waals surface area contributed by atoms with Gasteiger partial charge in [-0.3, -0.25) is 9.59 Å². The first kappa shape index (κ1) is 9.39. The van der Waals surface area contributed by atoms with E-state index in [0.717, 1.165) is 12.1 Å². The molecule has 1 aromatic carbocycles. The van der Waals surface area contributed by atoms with Gasteiger partial charge in [0, 0.05) is 5.39 Å². The van der Waals surface area contributed by atoms with Gasteiger partial charge in [0.2, 0.25) is 0 Å². The number of benzene rings is 1. The van der Waals surface area contributed by atoms with Crippen LogP contribution in [0.3, 0.4) is 0 Å². The normalized spacial score (nSPS) is 10.5. The van der Waals surface area contributed by atoms with Crippen molar-refractivity contribution < 1.29 is 14.3 Å². The summed E-state index contributed by atoms with van der Waals surface area (Å²) >= 11 is 0. The Morgan fingerprint density at radius 3 is 2.73 bits per heavy atom.